The first kappa shape index (κ1) is 15.3. The number of carbonyl (C=O) groups is 1. The van der Waals surface area contributed by atoms with Crippen LogP contribution in [0, 0.1) is 6.92 Å². The van der Waals surface area contributed by atoms with Crippen LogP contribution in [0.4, 0.5) is 5.69 Å². The highest BCUT2D eigenvalue weighted by atomic mass is 32.1. The minimum atomic E-state index is -0.596. The van der Waals surface area contributed by atoms with Gasteiger partial charge in [0.25, 0.3) is 5.91 Å². The summed E-state index contributed by atoms with van der Waals surface area (Å²) in [7, 11) is 0. The Bertz CT molecular complexity index is 1100. The number of hydrogen-bond acceptors (Lipinski definition) is 7. The molecule has 0 fully saturated rings. The fraction of sp³-hybridized carbons (Fsp3) is 0.0588. The number of thiophene rings is 1. The van der Waals surface area contributed by atoms with E-state index >= 15 is 0 Å². The SMILES string of the molecule is Cc1ccc(-c2nc(-c3ccccn3)nc3sc(C(N)=O)c(N)c23)o1. The van der Waals surface area contributed by atoms with Gasteiger partial charge >= 0.3 is 0 Å². The number of carbonyl (C=O) groups excluding carboxylic acids is 1. The molecule has 124 valence electrons. The van der Waals surface area contributed by atoms with E-state index in [1.807, 2.05) is 31.2 Å². The Kier molecular flexibility index (Phi) is 3.47. The van der Waals surface area contributed by atoms with Gasteiger partial charge in [0, 0.05) is 6.20 Å². The van der Waals surface area contributed by atoms with E-state index in [1.165, 1.54) is 0 Å². The molecule has 0 atom stereocenters. The first-order chi connectivity index (χ1) is 12.0. The van der Waals surface area contributed by atoms with Crippen LogP contribution < -0.4 is 11.5 Å². The lowest BCUT2D eigenvalue weighted by Gasteiger charge is -2.05. The lowest BCUT2D eigenvalue weighted by molar-refractivity contribution is 0.100. The molecule has 4 aromatic rings. The number of rotatable bonds is 3. The Hall–Kier alpha value is -3.26. The van der Waals surface area contributed by atoms with E-state index in [0.29, 0.717) is 33.2 Å². The number of aromatic nitrogens is 3. The number of furan rings is 1. The number of nitrogens with zero attached hydrogens (tertiary/aromatic N) is 3. The van der Waals surface area contributed by atoms with Crippen LogP contribution in [0.5, 0.6) is 0 Å². The molecule has 0 radical (unpaired) electrons. The second kappa shape index (κ2) is 5.67. The van der Waals surface area contributed by atoms with Crippen LogP contribution in [0.2, 0.25) is 0 Å². The summed E-state index contributed by atoms with van der Waals surface area (Å²) in [5.74, 6) is 1.11. The minimum Gasteiger partial charge on any atom is -0.460 e. The van der Waals surface area contributed by atoms with E-state index < -0.39 is 5.91 Å². The van der Waals surface area contributed by atoms with Gasteiger partial charge in [0.2, 0.25) is 0 Å². The number of pyridine rings is 1. The molecule has 0 aliphatic carbocycles. The molecule has 0 spiro atoms. The van der Waals surface area contributed by atoms with Crippen LogP contribution in [0.15, 0.2) is 40.9 Å². The minimum absolute atomic E-state index is 0.256. The number of aryl methyl sites for hydroxylation is 1. The zero-order valence-corrected chi connectivity index (χ0v) is 14.0. The molecule has 8 heteroatoms. The van der Waals surface area contributed by atoms with Crippen molar-refractivity contribution in [2.24, 2.45) is 5.73 Å². The summed E-state index contributed by atoms with van der Waals surface area (Å²) >= 11 is 1.14. The third kappa shape index (κ3) is 2.52. The molecule has 4 heterocycles. The van der Waals surface area contributed by atoms with E-state index in [1.54, 1.807) is 12.3 Å². The molecular formula is C17H13N5O2S. The normalized spacial score (nSPS) is 11.1. The largest absolute Gasteiger partial charge is 0.460 e. The molecular weight excluding hydrogens is 338 g/mol. The molecule has 0 saturated heterocycles. The van der Waals surface area contributed by atoms with Crippen molar-refractivity contribution in [3.8, 4) is 23.0 Å². The Morgan fingerprint density at radius 1 is 1.20 bits per heavy atom. The number of primary amides is 1. The zero-order chi connectivity index (χ0) is 17.6. The molecule has 25 heavy (non-hydrogen) atoms. The maximum Gasteiger partial charge on any atom is 0.260 e. The first-order valence-electron chi connectivity index (χ1n) is 7.42. The number of nitrogen functional groups attached to an aromatic ring is 1. The monoisotopic (exact) mass is 351 g/mol. The van der Waals surface area contributed by atoms with Crippen LogP contribution >= 0.6 is 11.3 Å². The topological polar surface area (TPSA) is 121 Å². The van der Waals surface area contributed by atoms with Gasteiger partial charge in [-0.2, -0.15) is 0 Å². The fourth-order valence-corrected chi connectivity index (χ4v) is 3.50. The van der Waals surface area contributed by atoms with Gasteiger partial charge in [-0.3, -0.25) is 9.78 Å². The number of anilines is 1. The highest BCUT2D eigenvalue weighted by molar-refractivity contribution is 7.21. The third-order valence-electron chi connectivity index (χ3n) is 3.68. The molecule has 0 unspecified atom stereocenters. The summed E-state index contributed by atoms with van der Waals surface area (Å²) < 4.78 is 5.72. The van der Waals surface area contributed by atoms with Gasteiger partial charge in [-0.05, 0) is 31.2 Å². The van der Waals surface area contributed by atoms with E-state index in [9.17, 15) is 4.79 Å². The number of nitrogens with two attached hydrogens (primary N) is 2. The van der Waals surface area contributed by atoms with Crippen LogP contribution in [0.1, 0.15) is 15.4 Å². The lowest BCUT2D eigenvalue weighted by atomic mass is 10.2. The van der Waals surface area contributed by atoms with Crippen molar-refractivity contribution in [3.63, 3.8) is 0 Å². The van der Waals surface area contributed by atoms with Crippen molar-refractivity contribution >= 4 is 33.1 Å². The van der Waals surface area contributed by atoms with E-state index in [4.69, 9.17) is 15.9 Å². The molecule has 0 aliphatic heterocycles. The van der Waals surface area contributed by atoms with Crippen molar-refractivity contribution in [2.45, 2.75) is 6.92 Å². The molecule has 0 saturated carbocycles. The van der Waals surface area contributed by atoms with Gasteiger partial charge in [-0.1, -0.05) is 6.07 Å². The molecule has 4 aromatic heterocycles. The van der Waals surface area contributed by atoms with Crippen molar-refractivity contribution in [1.82, 2.24) is 15.0 Å². The van der Waals surface area contributed by atoms with E-state index in [2.05, 4.69) is 15.0 Å². The summed E-state index contributed by atoms with van der Waals surface area (Å²) in [6.45, 7) is 1.84. The van der Waals surface area contributed by atoms with Gasteiger partial charge in [-0.15, -0.1) is 11.3 Å². The smallest absolute Gasteiger partial charge is 0.260 e. The maximum atomic E-state index is 11.7. The number of fused-ring (bicyclic) bond motifs is 1. The van der Waals surface area contributed by atoms with Gasteiger partial charge in [0.15, 0.2) is 11.6 Å². The fourth-order valence-electron chi connectivity index (χ4n) is 2.55. The predicted molar refractivity (Wildman–Crippen MR) is 96.0 cm³/mol. The van der Waals surface area contributed by atoms with E-state index in [0.717, 1.165) is 17.1 Å². The predicted octanol–water partition coefficient (Wildman–Crippen LogP) is 3.00. The second-order valence-electron chi connectivity index (χ2n) is 5.41. The quantitative estimate of drug-likeness (QED) is 0.585. The highest BCUT2D eigenvalue weighted by Crippen LogP contribution is 2.39. The zero-order valence-electron chi connectivity index (χ0n) is 13.2. The van der Waals surface area contributed by atoms with Gasteiger partial charge in [0.1, 0.15) is 26.9 Å². The van der Waals surface area contributed by atoms with Crippen LogP contribution in [-0.4, -0.2) is 20.9 Å². The van der Waals surface area contributed by atoms with Crippen molar-refractivity contribution < 1.29 is 9.21 Å². The molecule has 0 aromatic carbocycles. The van der Waals surface area contributed by atoms with Crippen molar-refractivity contribution in [3.05, 3.63) is 47.2 Å². The molecule has 0 bridgehead atoms. The standard InChI is InChI=1S/C17H13N5O2S/c1-8-5-6-10(24-8)13-11-12(18)14(15(19)23)25-17(11)22-16(21-13)9-4-2-3-7-20-9/h2-7H,18H2,1H3,(H2,19,23). The average Bonchev–Trinajstić information content (AvgIpc) is 3.19. The summed E-state index contributed by atoms with van der Waals surface area (Å²) in [5, 5.41) is 0.563. The van der Waals surface area contributed by atoms with E-state index in [-0.39, 0.29) is 10.6 Å². The molecule has 4 N–H and O–H groups in total. The Balaban J connectivity index is 2.07. The average molecular weight is 351 g/mol. The summed E-state index contributed by atoms with van der Waals surface area (Å²) in [5.41, 5.74) is 13.0. The molecule has 1 amide bonds. The van der Waals surface area contributed by atoms with Gasteiger partial charge < -0.3 is 15.9 Å². The summed E-state index contributed by atoms with van der Waals surface area (Å²) in [6.07, 6.45) is 1.66. The van der Waals surface area contributed by atoms with Crippen LogP contribution in [-0.2, 0) is 0 Å². The highest BCUT2D eigenvalue weighted by Gasteiger charge is 2.22. The van der Waals surface area contributed by atoms with Crippen LogP contribution in [0.25, 0.3) is 33.2 Å². The van der Waals surface area contributed by atoms with Crippen molar-refractivity contribution in [1.29, 1.82) is 0 Å². The Labute approximate surface area is 146 Å². The van der Waals surface area contributed by atoms with Crippen LogP contribution in [0.3, 0.4) is 0 Å². The summed E-state index contributed by atoms with van der Waals surface area (Å²) in [6, 6.07) is 9.11. The summed E-state index contributed by atoms with van der Waals surface area (Å²) in [4.78, 5) is 25.9. The first-order valence-corrected chi connectivity index (χ1v) is 8.24. The lowest BCUT2D eigenvalue weighted by Crippen LogP contribution is -2.10. The Morgan fingerprint density at radius 3 is 2.68 bits per heavy atom. The molecule has 4 rings (SSSR count). The number of hydrogen-bond donors (Lipinski definition) is 2. The van der Waals surface area contributed by atoms with Gasteiger partial charge in [-0.25, -0.2) is 9.97 Å². The van der Waals surface area contributed by atoms with Crippen molar-refractivity contribution in [2.75, 3.05) is 5.73 Å². The second-order valence-corrected chi connectivity index (χ2v) is 6.41. The molecule has 0 aliphatic rings. The third-order valence-corrected chi connectivity index (χ3v) is 4.79. The Morgan fingerprint density at radius 2 is 2.04 bits per heavy atom. The van der Waals surface area contributed by atoms with Gasteiger partial charge in [0.05, 0.1) is 11.1 Å². The molecule has 7 nitrogen and oxygen atoms in total. The number of amides is 1. The maximum absolute atomic E-state index is 11.7.